The summed E-state index contributed by atoms with van der Waals surface area (Å²) >= 11 is 0. The molecule has 29 heavy (non-hydrogen) atoms. The van der Waals surface area contributed by atoms with Gasteiger partial charge in [0.1, 0.15) is 12.1 Å². The zero-order chi connectivity index (χ0) is 20.7. The fourth-order valence-electron chi connectivity index (χ4n) is 3.70. The molecule has 8 nitrogen and oxygen atoms in total. The van der Waals surface area contributed by atoms with Gasteiger partial charge in [0.15, 0.2) is 5.82 Å². The fraction of sp³-hybridized carbons (Fsp3) is 0.524. The van der Waals surface area contributed by atoms with Gasteiger partial charge in [0, 0.05) is 6.42 Å². The molecule has 0 saturated heterocycles. The largest absolute Gasteiger partial charge is 0.481 e. The molecule has 1 aromatic heterocycles. The first kappa shape index (κ1) is 20.8. The molecule has 1 aromatic carbocycles. The third-order valence-electron chi connectivity index (χ3n) is 5.54. The molecule has 156 valence electrons. The Kier molecular flexibility index (Phi) is 6.85. The Morgan fingerprint density at radius 1 is 1.28 bits per heavy atom. The number of nitrogens with one attached hydrogen (secondary N) is 1. The molecule has 0 atom stereocenters. The molecular weight excluding hydrogens is 374 g/mol. The molecule has 0 spiro atoms. The molecular formula is C21H27N3O5. The average Bonchev–Trinajstić information content (AvgIpc) is 3.22. The first-order chi connectivity index (χ1) is 14.0. The van der Waals surface area contributed by atoms with E-state index in [1.54, 1.807) is 0 Å². The molecule has 0 radical (unpaired) electrons. The number of carboxylic acid groups (broad SMARTS) is 1. The highest BCUT2D eigenvalue weighted by Crippen LogP contribution is 2.39. The van der Waals surface area contributed by atoms with Crippen LogP contribution in [0.25, 0.3) is 0 Å². The molecule has 1 aliphatic rings. The Morgan fingerprint density at radius 3 is 2.66 bits per heavy atom. The summed E-state index contributed by atoms with van der Waals surface area (Å²) in [4.78, 5) is 27.7. The van der Waals surface area contributed by atoms with Crippen molar-refractivity contribution in [3.63, 3.8) is 0 Å². The predicted octanol–water partition coefficient (Wildman–Crippen LogP) is 3.81. The monoisotopic (exact) mass is 401 g/mol. The van der Waals surface area contributed by atoms with Crippen molar-refractivity contribution in [1.29, 1.82) is 0 Å². The number of aryl methyl sites for hydroxylation is 1. The number of hydrogen-bond donors (Lipinski definition) is 2. The Morgan fingerprint density at radius 2 is 2.00 bits per heavy atom. The lowest BCUT2D eigenvalue weighted by Crippen LogP contribution is -2.49. The minimum absolute atomic E-state index is 0.0842. The van der Waals surface area contributed by atoms with Gasteiger partial charge in [-0.3, -0.25) is 4.79 Å². The van der Waals surface area contributed by atoms with Crippen LogP contribution in [0.15, 0.2) is 34.9 Å². The lowest BCUT2D eigenvalue weighted by molar-refractivity contribution is -0.137. The summed E-state index contributed by atoms with van der Waals surface area (Å²) < 4.78 is 10.6. The third-order valence-corrected chi connectivity index (χ3v) is 5.54. The van der Waals surface area contributed by atoms with E-state index in [0.717, 1.165) is 24.8 Å². The molecule has 2 aromatic rings. The summed E-state index contributed by atoms with van der Waals surface area (Å²) in [7, 11) is 0. The van der Waals surface area contributed by atoms with Crippen LogP contribution < -0.4 is 5.32 Å². The standard InChI is InChI=1S/C21H27N3O5/c1-2-15-10-12-21(13-11-15,19-22-17(29-24-19)8-9-18(25)26)23-20(27)28-14-16-6-4-3-5-7-16/h3-7,15H,2,8-14H2,1H3,(H,23,27)(H,25,26). The van der Waals surface area contributed by atoms with Crippen LogP contribution in [0.1, 0.15) is 62.7 Å². The molecule has 8 heteroatoms. The van der Waals surface area contributed by atoms with Gasteiger partial charge in [-0.15, -0.1) is 0 Å². The van der Waals surface area contributed by atoms with E-state index in [4.69, 9.17) is 14.4 Å². The van der Waals surface area contributed by atoms with E-state index in [9.17, 15) is 9.59 Å². The molecule has 1 heterocycles. The predicted molar refractivity (Wildman–Crippen MR) is 104 cm³/mol. The van der Waals surface area contributed by atoms with Gasteiger partial charge in [0.05, 0.1) is 6.42 Å². The fourth-order valence-corrected chi connectivity index (χ4v) is 3.70. The van der Waals surface area contributed by atoms with Crippen LogP contribution in [0.5, 0.6) is 0 Å². The highest BCUT2D eigenvalue weighted by atomic mass is 16.5. The number of amides is 1. The van der Waals surface area contributed by atoms with Crippen molar-refractivity contribution in [1.82, 2.24) is 15.5 Å². The number of benzene rings is 1. The first-order valence-corrected chi connectivity index (χ1v) is 10.0. The highest BCUT2D eigenvalue weighted by Gasteiger charge is 2.42. The van der Waals surface area contributed by atoms with E-state index < -0.39 is 17.6 Å². The molecule has 0 aliphatic heterocycles. The number of aromatic nitrogens is 2. The van der Waals surface area contributed by atoms with Crippen LogP contribution in [-0.4, -0.2) is 27.3 Å². The van der Waals surface area contributed by atoms with Gasteiger partial charge in [0.2, 0.25) is 5.89 Å². The quantitative estimate of drug-likeness (QED) is 0.691. The van der Waals surface area contributed by atoms with Gasteiger partial charge < -0.3 is 19.7 Å². The Labute approximate surface area is 169 Å². The van der Waals surface area contributed by atoms with Crippen LogP contribution in [-0.2, 0) is 28.1 Å². The number of nitrogens with zero attached hydrogens (tertiary/aromatic N) is 2. The molecule has 1 saturated carbocycles. The van der Waals surface area contributed by atoms with E-state index in [2.05, 4.69) is 22.4 Å². The van der Waals surface area contributed by atoms with Crippen LogP contribution in [0, 0.1) is 5.92 Å². The smallest absolute Gasteiger partial charge is 0.408 e. The van der Waals surface area contributed by atoms with Crippen molar-refractivity contribution in [2.75, 3.05) is 0 Å². The molecule has 1 aliphatic carbocycles. The highest BCUT2D eigenvalue weighted by molar-refractivity contribution is 5.68. The summed E-state index contributed by atoms with van der Waals surface area (Å²) in [6.45, 7) is 2.34. The zero-order valence-corrected chi connectivity index (χ0v) is 16.6. The molecule has 3 rings (SSSR count). The second-order valence-corrected chi connectivity index (χ2v) is 7.53. The SMILES string of the molecule is CCC1CCC(NC(=O)OCc2ccccc2)(c2noc(CCC(=O)O)n2)CC1. The second kappa shape index (κ2) is 9.54. The van der Waals surface area contributed by atoms with Crippen molar-refractivity contribution >= 4 is 12.1 Å². The van der Waals surface area contributed by atoms with Gasteiger partial charge in [-0.2, -0.15) is 4.98 Å². The topological polar surface area (TPSA) is 115 Å². The zero-order valence-electron chi connectivity index (χ0n) is 16.6. The van der Waals surface area contributed by atoms with E-state index in [0.29, 0.717) is 24.6 Å². The van der Waals surface area contributed by atoms with Crippen molar-refractivity contribution in [3.8, 4) is 0 Å². The maximum Gasteiger partial charge on any atom is 0.408 e. The van der Waals surface area contributed by atoms with Crippen LogP contribution in [0.4, 0.5) is 4.79 Å². The van der Waals surface area contributed by atoms with Crippen LogP contribution >= 0.6 is 0 Å². The van der Waals surface area contributed by atoms with E-state index in [1.807, 2.05) is 30.3 Å². The van der Waals surface area contributed by atoms with Crippen molar-refractivity contribution in [2.45, 2.75) is 64.0 Å². The number of rotatable bonds is 8. The Balaban J connectivity index is 1.70. The summed E-state index contributed by atoms with van der Waals surface area (Å²) in [6, 6.07) is 9.47. The lowest BCUT2D eigenvalue weighted by Gasteiger charge is -2.37. The van der Waals surface area contributed by atoms with Crippen LogP contribution in [0.3, 0.4) is 0 Å². The van der Waals surface area contributed by atoms with Crippen molar-refractivity contribution < 1.29 is 24.0 Å². The Hall–Kier alpha value is -2.90. The minimum atomic E-state index is -0.925. The van der Waals surface area contributed by atoms with E-state index in [1.165, 1.54) is 0 Å². The van der Waals surface area contributed by atoms with Gasteiger partial charge in [-0.05, 0) is 37.2 Å². The molecule has 2 N–H and O–H groups in total. The summed E-state index contributed by atoms with van der Waals surface area (Å²) in [6.07, 6.45) is 3.88. The lowest BCUT2D eigenvalue weighted by atomic mass is 9.75. The summed E-state index contributed by atoms with van der Waals surface area (Å²) in [5.74, 6) is 0.331. The molecule has 1 amide bonds. The van der Waals surface area contributed by atoms with Gasteiger partial charge >= 0.3 is 12.1 Å². The number of aliphatic carboxylic acids is 1. The maximum atomic E-state index is 12.5. The van der Waals surface area contributed by atoms with Crippen LogP contribution in [0.2, 0.25) is 0 Å². The summed E-state index contributed by atoms with van der Waals surface area (Å²) in [5, 5.41) is 15.9. The first-order valence-electron chi connectivity index (χ1n) is 10.0. The van der Waals surface area contributed by atoms with E-state index >= 15 is 0 Å². The second-order valence-electron chi connectivity index (χ2n) is 7.53. The number of carbonyl (C=O) groups excluding carboxylic acids is 1. The average molecular weight is 401 g/mol. The minimum Gasteiger partial charge on any atom is -0.481 e. The van der Waals surface area contributed by atoms with Crippen molar-refractivity contribution in [2.24, 2.45) is 5.92 Å². The number of carboxylic acids is 1. The summed E-state index contributed by atoms with van der Waals surface area (Å²) in [5.41, 5.74) is 0.145. The molecule has 0 bridgehead atoms. The van der Waals surface area contributed by atoms with Gasteiger partial charge in [-0.1, -0.05) is 48.8 Å². The maximum absolute atomic E-state index is 12.5. The number of carbonyl (C=O) groups is 2. The number of alkyl carbamates (subject to hydrolysis) is 1. The molecule has 0 unspecified atom stereocenters. The van der Waals surface area contributed by atoms with Gasteiger partial charge in [-0.25, -0.2) is 4.79 Å². The Bertz CT molecular complexity index is 813. The normalized spacial score (nSPS) is 21.5. The molecule has 1 fully saturated rings. The van der Waals surface area contributed by atoms with E-state index in [-0.39, 0.29) is 25.3 Å². The number of hydrogen-bond acceptors (Lipinski definition) is 6. The third kappa shape index (κ3) is 5.56. The van der Waals surface area contributed by atoms with Crippen molar-refractivity contribution in [3.05, 3.63) is 47.6 Å². The number of ether oxygens (including phenoxy) is 1. The van der Waals surface area contributed by atoms with Gasteiger partial charge in [0.25, 0.3) is 0 Å².